The van der Waals surface area contributed by atoms with E-state index in [0.717, 1.165) is 23.8 Å². The smallest absolute Gasteiger partial charge is 0.338 e. The molecule has 1 aliphatic carbocycles. The van der Waals surface area contributed by atoms with E-state index in [1.807, 2.05) is 18.2 Å². The lowest BCUT2D eigenvalue weighted by molar-refractivity contribution is 0.0498. The Morgan fingerprint density at radius 3 is 2.27 bits per heavy atom. The van der Waals surface area contributed by atoms with Crippen molar-refractivity contribution >= 4 is 16.9 Å². The molecule has 0 atom stereocenters. The highest BCUT2D eigenvalue weighted by Gasteiger charge is 2.22. The van der Waals surface area contributed by atoms with Crippen molar-refractivity contribution in [3.63, 3.8) is 0 Å². The molecule has 1 N–H and O–H groups in total. The van der Waals surface area contributed by atoms with Gasteiger partial charge in [-0.1, -0.05) is 82.9 Å². The normalized spacial score (nSPS) is 11.3. The maximum atomic E-state index is 13.1. The zero-order valence-electron chi connectivity index (χ0n) is 21.6. The zero-order chi connectivity index (χ0) is 26.0. The highest BCUT2D eigenvalue weighted by atomic mass is 16.5. The Kier molecular flexibility index (Phi) is 9.36. The molecule has 0 bridgehead atoms. The first-order valence-electron chi connectivity index (χ1n) is 13.5. The van der Waals surface area contributed by atoms with E-state index in [4.69, 9.17) is 9.15 Å². The molecule has 1 heterocycles. The molecular weight excluding hydrogens is 464 g/mol. The average Bonchev–Trinajstić information content (AvgIpc) is 2.90. The van der Waals surface area contributed by atoms with Gasteiger partial charge in [-0.15, -0.1) is 0 Å². The van der Waals surface area contributed by atoms with E-state index in [-0.39, 0.29) is 17.1 Å². The molecule has 194 valence electrons. The predicted octanol–water partition coefficient (Wildman–Crippen LogP) is 8.35. The topological polar surface area (TPSA) is 76.7 Å². The summed E-state index contributed by atoms with van der Waals surface area (Å²) in [6, 6.07) is 16.8. The van der Waals surface area contributed by atoms with Gasteiger partial charge in [0.25, 0.3) is 0 Å². The molecule has 5 heteroatoms. The van der Waals surface area contributed by atoms with Gasteiger partial charge in [0.15, 0.2) is 5.43 Å². The Balaban J connectivity index is 1.46. The number of fused-ring (bicyclic) bond motifs is 2. The molecule has 1 aliphatic heterocycles. The van der Waals surface area contributed by atoms with Crippen molar-refractivity contribution in [3.8, 4) is 28.2 Å². The van der Waals surface area contributed by atoms with Crippen LogP contribution in [0, 0.1) is 0 Å². The lowest BCUT2D eigenvalue weighted by Crippen LogP contribution is -2.09. The third-order valence-electron chi connectivity index (χ3n) is 6.82. The van der Waals surface area contributed by atoms with E-state index in [2.05, 4.69) is 6.92 Å². The molecule has 5 nitrogen and oxygen atoms in total. The van der Waals surface area contributed by atoms with Gasteiger partial charge in [-0.05, 0) is 42.3 Å². The van der Waals surface area contributed by atoms with Crippen LogP contribution in [0.3, 0.4) is 0 Å². The minimum atomic E-state index is -0.368. The fourth-order valence-electron chi connectivity index (χ4n) is 4.86. The quantitative estimate of drug-likeness (QED) is 0.113. The van der Waals surface area contributed by atoms with E-state index < -0.39 is 0 Å². The van der Waals surface area contributed by atoms with Crippen LogP contribution in [0.2, 0.25) is 0 Å². The third kappa shape index (κ3) is 6.79. The van der Waals surface area contributed by atoms with Crippen molar-refractivity contribution in [2.75, 3.05) is 6.61 Å². The summed E-state index contributed by atoms with van der Waals surface area (Å²) in [6.45, 7) is 2.63. The summed E-state index contributed by atoms with van der Waals surface area (Å²) < 4.78 is 11.6. The number of phenolic OH excluding ortho intramolecular Hbond substituents is 1. The van der Waals surface area contributed by atoms with Crippen LogP contribution in [0.1, 0.15) is 81.5 Å². The fraction of sp³-hybridized carbons (Fsp3) is 0.375. The van der Waals surface area contributed by atoms with Gasteiger partial charge in [0.05, 0.1) is 12.2 Å². The van der Waals surface area contributed by atoms with Crippen molar-refractivity contribution in [1.29, 1.82) is 0 Å². The summed E-state index contributed by atoms with van der Waals surface area (Å²) in [4.78, 5) is 25.2. The molecule has 2 aromatic rings. The average molecular weight is 501 g/mol. The second-order valence-electron chi connectivity index (χ2n) is 9.68. The number of rotatable bonds is 13. The number of phenols is 1. The molecule has 0 saturated heterocycles. The van der Waals surface area contributed by atoms with Crippen LogP contribution in [0.5, 0.6) is 5.75 Å². The molecule has 0 spiro atoms. The Hall–Kier alpha value is -3.60. The fourth-order valence-corrected chi connectivity index (χ4v) is 4.86. The Morgan fingerprint density at radius 1 is 0.811 bits per heavy atom. The van der Waals surface area contributed by atoms with Crippen LogP contribution in [0.4, 0.5) is 0 Å². The second-order valence-corrected chi connectivity index (χ2v) is 9.68. The minimum Gasteiger partial charge on any atom is -0.508 e. The minimum absolute atomic E-state index is 0.0593. The molecule has 0 aromatic heterocycles. The number of aromatic hydroxyl groups is 1. The second kappa shape index (κ2) is 13.1. The van der Waals surface area contributed by atoms with Gasteiger partial charge in [0.1, 0.15) is 17.1 Å². The summed E-state index contributed by atoms with van der Waals surface area (Å²) in [5.41, 5.74) is 2.90. The third-order valence-corrected chi connectivity index (χ3v) is 6.82. The number of benzene rings is 3. The highest BCUT2D eigenvalue weighted by Crippen LogP contribution is 2.41. The predicted molar refractivity (Wildman–Crippen MR) is 148 cm³/mol. The summed E-state index contributed by atoms with van der Waals surface area (Å²) in [6.07, 6.45) is 12.2. The Labute approximate surface area is 218 Å². The summed E-state index contributed by atoms with van der Waals surface area (Å²) in [5.74, 6) is 0.0889. The van der Waals surface area contributed by atoms with Crippen molar-refractivity contribution < 1.29 is 19.1 Å². The lowest BCUT2D eigenvalue weighted by Gasteiger charge is -2.17. The van der Waals surface area contributed by atoms with Gasteiger partial charge in [-0.2, -0.15) is 0 Å². The van der Waals surface area contributed by atoms with E-state index in [1.54, 1.807) is 24.3 Å². The molecule has 37 heavy (non-hydrogen) atoms. The number of unbranched alkanes of at least 4 members (excludes halogenated alkanes) is 9. The van der Waals surface area contributed by atoms with Crippen LogP contribution in [0.15, 0.2) is 69.9 Å². The van der Waals surface area contributed by atoms with Crippen molar-refractivity contribution in [1.82, 2.24) is 0 Å². The molecule has 4 rings (SSSR count). The first kappa shape index (κ1) is 26.5. The molecular formula is C32H36O5. The van der Waals surface area contributed by atoms with Gasteiger partial charge in [0, 0.05) is 28.6 Å². The highest BCUT2D eigenvalue weighted by molar-refractivity contribution is 6.07. The number of esters is 1. The van der Waals surface area contributed by atoms with Crippen molar-refractivity contribution in [2.45, 2.75) is 71.1 Å². The van der Waals surface area contributed by atoms with Gasteiger partial charge in [-0.3, -0.25) is 4.79 Å². The molecule has 0 unspecified atom stereocenters. The Morgan fingerprint density at radius 2 is 1.51 bits per heavy atom. The van der Waals surface area contributed by atoms with Crippen molar-refractivity contribution in [2.24, 2.45) is 0 Å². The van der Waals surface area contributed by atoms with Gasteiger partial charge in [0.2, 0.25) is 0 Å². The largest absolute Gasteiger partial charge is 0.508 e. The van der Waals surface area contributed by atoms with E-state index in [1.165, 1.54) is 69.6 Å². The zero-order valence-corrected chi connectivity index (χ0v) is 21.6. The van der Waals surface area contributed by atoms with Gasteiger partial charge < -0.3 is 14.3 Å². The van der Waals surface area contributed by atoms with Crippen LogP contribution in [0.25, 0.3) is 33.4 Å². The molecule has 0 saturated carbocycles. The summed E-state index contributed by atoms with van der Waals surface area (Å²) in [5, 5.41) is 10.7. The molecule has 2 aliphatic rings. The maximum absolute atomic E-state index is 13.1. The number of hydrogen-bond donors (Lipinski definition) is 1. The van der Waals surface area contributed by atoms with E-state index >= 15 is 0 Å². The molecule has 2 aromatic carbocycles. The van der Waals surface area contributed by atoms with Crippen LogP contribution < -0.4 is 5.43 Å². The Bertz CT molecular complexity index is 1350. The molecule has 0 radical (unpaired) electrons. The SMILES string of the molecule is CCCCCCCCCCCCOC(=O)c1ccccc1-c1c2ccc(=O)cc-2oc2cc(O)ccc12. The number of carbonyl (C=O) groups is 1. The first-order valence-corrected chi connectivity index (χ1v) is 13.5. The lowest BCUT2D eigenvalue weighted by atomic mass is 9.91. The summed E-state index contributed by atoms with van der Waals surface area (Å²) in [7, 11) is 0. The molecule has 0 fully saturated rings. The first-order chi connectivity index (χ1) is 18.1. The number of ether oxygens (including phenoxy) is 1. The number of carbonyl (C=O) groups excluding carboxylic acids is 1. The summed E-state index contributed by atoms with van der Waals surface area (Å²) >= 11 is 0. The molecule has 0 amide bonds. The number of hydrogen-bond acceptors (Lipinski definition) is 5. The standard InChI is InChI=1S/C32H36O5/c1-2-3-4-5-6-7-8-9-10-13-20-36-32(35)26-15-12-11-14-25(26)31-27-18-16-23(33)21-29(27)37-30-22-24(34)17-19-28(30)31/h11-12,14-19,21-22,33H,2-10,13,20H2,1H3. The van der Waals surface area contributed by atoms with Crippen LogP contribution in [-0.2, 0) is 4.74 Å². The maximum Gasteiger partial charge on any atom is 0.338 e. The van der Waals surface area contributed by atoms with E-state index in [0.29, 0.717) is 34.6 Å². The van der Waals surface area contributed by atoms with Crippen LogP contribution in [-0.4, -0.2) is 17.7 Å². The van der Waals surface area contributed by atoms with Crippen molar-refractivity contribution in [3.05, 3.63) is 76.5 Å². The van der Waals surface area contributed by atoms with E-state index in [9.17, 15) is 14.7 Å². The van der Waals surface area contributed by atoms with Gasteiger partial charge >= 0.3 is 5.97 Å². The van der Waals surface area contributed by atoms with Gasteiger partial charge in [-0.25, -0.2) is 4.79 Å². The van der Waals surface area contributed by atoms with Crippen LogP contribution >= 0.6 is 0 Å². The monoisotopic (exact) mass is 500 g/mol.